The van der Waals surface area contributed by atoms with Gasteiger partial charge in [-0.15, -0.1) is 0 Å². The van der Waals surface area contributed by atoms with Crippen LogP contribution in [-0.2, 0) is 0 Å². The van der Waals surface area contributed by atoms with E-state index >= 15 is 0 Å². The fourth-order valence-corrected chi connectivity index (χ4v) is 2.44. The largest absolute Gasteiger partial charge is 0.397 e. The fraction of sp³-hybridized carbons (Fsp3) is 0. The second-order valence-corrected chi connectivity index (χ2v) is 4.20. The molecular weight excluding hydrogens is 212 g/mol. The molecule has 4 nitrogen and oxygen atoms in total. The van der Waals surface area contributed by atoms with Crippen LogP contribution in [-0.4, -0.2) is 15.2 Å². The Kier molecular flexibility index (Phi) is 1.42. The van der Waals surface area contributed by atoms with Gasteiger partial charge in [0.2, 0.25) is 0 Å². The lowest BCUT2D eigenvalue weighted by Gasteiger charge is -1.97. The molecule has 0 aliphatic carbocycles. The number of anilines is 1. The van der Waals surface area contributed by atoms with Crippen LogP contribution in [0.5, 0.6) is 0 Å². The zero-order valence-corrected chi connectivity index (χ0v) is 8.99. The molecule has 82 valence electrons. The Bertz CT molecular complexity index is 854. The maximum absolute atomic E-state index is 6.06. The highest BCUT2D eigenvalue weighted by Gasteiger charge is 2.12. The number of nitrogens with one attached hydrogen (secondary N) is 2. The van der Waals surface area contributed by atoms with Crippen molar-refractivity contribution in [3.63, 3.8) is 0 Å². The van der Waals surface area contributed by atoms with E-state index in [1.807, 2.05) is 30.5 Å². The van der Waals surface area contributed by atoms with Crippen molar-refractivity contribution in [2.75, 3.05) is 5.73 Å². The standard InChI is InChI=1S/C13H10N4/c14-9-5-7-6-15-17-12(7)11-8-3-1-2-4-10(8)16-13(9)11/h1-6,15,17H,14H2. The first-order chi connectivity index (χ1) is 8.34. The summed E-state index contributed by atoms with van der Waals surface area (Å²) in [6, 6.07) is 10.0. The van der Waals surface area contributed by atoms with E-state index in [4.69, 9.17) is 5.73 Å². The first-order valence-corrected chi connectivity index (χ1v) is 5.47. The van der Waals surface area contributed by atoms with Crippen LogP contribution in [0.2, 0.25) is 0 Å². The second-order valence-electron chi connectivity index (χ2n) is 4.20. The molecule has 0 aliphatic rings. The van der Waals surface area contributed by atoms with Crippen molar-refractivity contribution in [1.29, 1.82) is 0 Å². The lowest BCUT2D eigenvalue weighted by molar-refractivity contribution is 1.12. The van der Waals surface area contributed by atoms with Gasteiger partial charge in [-0.2, -0.15) is 0 Å². The third-order valence-electron chi connectivity index (χ3n) is 3.19. The van der Waals surface area contributed by atoms with Gasteiger partial charge in [-0.3, -0.25) is 0 Å². The van der Waals surface area contributed by atoms with E-state index in [0.29, 0.717) is 0 Å². The van der Waals surface area contributed by atoms with Crippen molar-refractivity contribution < 1.29 is 0 Å². The van der Waals surface area contributed by atoms with Crippen molar-refractivity contribution in [2.45, 2.75) is 0 Å². The summed E-state index contributed by atoms with van der Waals surface area (Å²) < 4.78 is 0. The molecule has 17 heavy (non-hydrogen) atoms. The van der Waals surface area contributed by atoms with E-state index in [1.165, 1.54) is 0 Å². The van der Waals surface area contributed by atoms with E-state index in [9.17, 15) is 0 Å². The quantitative estimate of drug-likeness (QED) is 0.400. The zero-order valence-electron chi connectivity index (χ0n) is 8.99. The SMILES string of the molecule is Nc1cc2c[nH][nH]c2c2c1nc1ccccc12. The third kappa shape index (κ3) is 0.990. The van der Waals surface area contributed by atoms with Crippen LogP contribution in [0.15, 0.2) is 36.5 Å². The summed E-state index contributed by atoms with van der Waals surface area (Å²) in [5.41, 5.74) is 9.69. The summed E-state index contributed by atoms with van der Waals surface area (Å²) in [4.78, 5) is 4.59. The number of rotatable bonds is 0. The van der Waals surface area contributed by atoms with E-state index in [-0.39, 0.29) is 0 Å². The summed E-state index contributed by atoms with van der Waals surface area (Å²) >= 11 is 0. The number of aromatic nitrogens is 3. The molecule has 0 unspecified atom stereocenters. The number of H-pyrrole nitrogens is 2. The minimum absolute atomic E-state index is 0.719. The molecule has 0 saturated heterocycles. The summed E-state index contributed by atoms with van der Waals surface area (Å²) in [5.74, 6) is 0. The van der Waals surface area contributed by atoms with Gasteiger partial charge in [0, 0.05) is 22.4 Å². The predicted molar refractivity (Wildman–Crippen MR) is 69.9 cm³/mol. The van der Waals surface area contributed by atoms with Gasteiger partial charge in [0.15, 0.2) is 0 Å². The number of benzene rings is 2. The predicted octanol–water partition coefficient (Wildman–Crippen LogP) is 2.78. The monoisotopic (exact) mass is 222 g/mol. The van der Waals surface area contributed by atoms with Crippen LogP contribution in [0, 0.1) is 0 Å². The Morgan fingerprint density at radius 2 is 2.06 bits per heavy atom. The Balaban J connectivity index is 2.43. The summed E-state index contributed by atoms with van der Waals surface area (Å²) in [6.45, 7) is 0. The molecular formula is C13H10N4. The molecule has 0 radical (unpaired) electrons. The highest BCUT2D eigenvalue weighted by atomic mass is 15.1. The third-order valence-corrected chi connectivity index (χ3v) is 3.19. The smallest absolute Gasteiger partial charge is 0.0967 e. The Labute approximate surface area is 96.4 Å². The molecule has 2 aromatic heterocycles. The number of nitrogens with two attached hydrogens (primary N) is 1. The molecule has 0 amide bonds. The number of hydrogen-bond donors (Lipinski definition) is 3. The van der Waals surface area contributed by atoms with Crippen molar-refractivity contribution in [2.24, 2.45) is 0 Å². The van der Waals surface area contributed by atoms with Crippen LogP contribution >= 0.6 is 0 Å². The Hall–Kier alpha value is -2.49. The first kappa shape index (κ1) is 8.64. The highest BCUT2D eigenvalue weighted by Crippen LogP contribution is 2.34. The van der Waals surface area contributed by atoms with Crippen molar-refractivity contribution in [3.05, 3.63) is 36.5 Å². The number of nitrogen functional groups attached to an aromatic ring is 1. The molecule has 4 aromatic rings. The van der Waals surface area contributed by atoms with Gasteiger partial charge in [-0.1, -0.05) is 18.2 Å². The first-order valence-electron chi connectivity index (χ1n) is 5.47. The zero-order chi connectivity index (χ0) is 11.4. The van der Waals surface area contributed by atoms with E-state index in [2.05, 4.69) is 21.2 Å². The lowest BCUT2D eigenvalue weighted by Crippen LogP contribution is -1.86. The molecule has 0 bridgehead atoms. The average Bonchev–Trinajstić information content (AvgIpc) is 2.91. The number of nitrogens with zero attached hydrogens (tertiary/aromatic N) is 1. The van der Waals surface area contributed by atoms with E-state index in [1.54, 1.807) is 0 Å². The molecule has 2 heterocycles. The molecule has 0 fully saturated rings. The van der Waals surface area contributed by atoms with Crippen molar-refractivity contribution in [1.82, 2.24) is 15.2 Å². The molecule has 4 rings (SSSR count). The molecule has 0 atom stereocenters. The normalized spacial score (nSPS) is 11.8. The maximum atomic E-state index is 6.06. The van der Waals surface area contributed by atoms with Crippen molar-refractivity contribution >= 4 is 38.4 Å². The number of fused-ring (bicyclic) bond motifs is 5. The minimum Gasteiger partial charge on any atom is -0.397 e. The molecule has 2 aromatic carbocycles. The summed E-state index contributed by atoms with van der Waals surface area (Å²) in [5, 5.41) is 9.46. The van der Waals surface area contributed by atoms with Gasteiger partial charge in [0.05, 0.1) is 22.2 Å². The van der Waals surface area contributed by atoms with Crippen LogP contribution in [0.3, 0.4) is 0 Å². The molecule has 0 spiro atoms. The lowest BCUT2D eigenvalue weighted by atomic mass is 10.1. The second kappa shape index (κ2) is 2.79. The van der Waals surface area contributed by atoms with Crippen molar-refractivity contribution in [3.8, 4) is 0 Å². The Morgan fingerprint density at radius 3 is 3.00 bits per heavy atom. The van der Waals surface area contributed by atoms with Crippen LogP contribution < -0.4 is 5.73 Å². The van der Waals surface area contributed by atoms with Crippen LogP contribution in [0.1, 0.15) is 0 Å². The summed E-state index contributed by atoms with van der Waals surface area (Å²) in [7, 11) is 0. The number of aromatic amines is 2. The topological polar surface area (TPSA) is 70.5 Å². The van der Waals surface area contributed by atoms with Crippen LogP contribution in [0.4, 0.5) is 5.69 Å². The van der Waals surface area contributed by atoms with Gasteiger partial charge in [0.1, 0.15) is 0 Å². The molecule has 0 aliphatic heterocycles. The molecule has 0 saturated carbocycles. The number of hydrogen-bond acceptors (Lipinski definition) is 2. The van der Waals surface area contributed by atoms with Gasteiger partial charge in [0.25, 0.3) is 0 Å². The fourth-order valence-electron chi connectivity index (χ4n) is 2.44. The highest BCUT2D eigenvalue weighted by molar-refractivity contribution is 6.21. The number of para-hydroxylation sites is 1. The van der Waals surface area contributed by atoms with Gasteiger partial charge in [-0.05, 0) is 12.1 Å². The summed E-state index contributed by atoms with van der Waals surface area (Å²) in [6.07, 6.45) is 1.91. The van der Waals surface area contributed by atoms with E-state index in [0.717, 1.165) is 38.4 Å². The van der Waals surface area contributed by atoms with Gasteiger partial charge in [-0.25, -0.2) is 4.98 Å². The average molecular weight is 222 g/mol. The molecule has 4 N–H and O–H groups in total. The van der Waals surface area contributed by atoms with Crippen LogP contribution in [0.25, 0.3) is 32.7 Å². The van der Waals surface area contributed by atoms with Gasteiger partial charge >= 0.3 is 0 Å². The van der Waals surface area contributed by atoms with E-state index < -0.39 is 0 Å². The maximum Gasteiger partial charge on any atom is 0.0967 e. The molecule has 4 heteroatoms. The Morgan fingerprint density at radius 1 is 1.18 bits per heavy atom. The van der Waals surface area contributed by atoms with Gasteiger partial charge < -0.3 is 15.9 Å². The minimum atomic E-state index is 0.719.